The molecule has 0 saturated heterocycles. The third-order valence-electron chi connectivity index (χ3n) is 2.86. The van der Waals surface area contributed by atoms with E-state index in [1.165, 1.54) is 0 Å². The second kappa shape index (κ2) is 4.78. The van der Waals surface area contributed by atoms with Crippen molar-refractivity contribution < 1.29 is 15.0 Å². The second-order valence-electron chi connectivity index (χ2n) is 4.51. The van der Waals surface area contributed by atoms with Crippen LogP contribution >= 0.6 is 0 Å². The molecule has 0 unspecified atom stereocenters. The first-order valence-corrected chi connectivity index (χ1v) is 5.89. The fourth-order valence-electron chi connectivity index (χ4n) is 2.06. The maximum absolute atomic E-state index is 10.9. The van der Waals surface area contributed by atoms with Crippen molar-refractivity contribution in [3.63, 3.8) is 0 Å². The van der Waals surface area contributed by atoms with Gasteiger partial charge in [0.1, 0.15) is 5.82 Å². The lowest BCUT2D eigenvalue weighted by Crippen LogP contribution is -2.08. The normalized spacial score (nSPS) is 11.3. The van der Waals surface area contributed by atoms with Gasteiger partial charge in [0.2, 0.25) is 0 Å². The Morgan fingerprint density at radius 3 is 2.72 bits per heavy atom. The predicted molar refractivity (Wildman–Crippen MR) is 67.9 cm³/mol. The molecule has 2 aromatic rings. The van der Waals surface area contributed by atoms with Crippen LogP contribution in [-0.2, 0) is 6.54 Å². The number of aliphatic hydroxyl groups excluding tert-OH is 1. The van der Waals surface area contributed by atoms with Crippen LogP contribution in [0.2, 0.25) is 0 Å². The summed E-state index contributed by atoms with van der Waals surface area (Å²) in [5.74, 6) is 0.124. The van der Waals surface area contributed by atoms with Crippen LogP contribution in [-0.4, -0.2) is 32.3 Å². The van der Waals surface area contributed by atoms with E-state index in [2.05, 4.69) is 4.98 Å². The number of hydrogen-bond donors (Lipinski definition) is 2. The molecule has 0 saturated carbocycles. The fourth-order valence-corrected chi connectivity index (χ4v) is 2.06. The van der Waals surface area contributed by atoms with Gasteiger partial charge in [0.05, 0.1) is 23.2 Å². The summed E-state index contributed by atoms with van der Waals surface area (Å²) in [4.78, 5) is 15.4. The summed E-state index contributed by atoms with van der Waals surface area (Å²) >= 11 is 0. The molecule has 96 valence electrons. The number of hydrogen-bond acceptors (Lipinski definition) is 3. The number of carboxylic acids is 1. The predicted octanol–water partition coefficient (Wildman–Crippen LogP) is 1.85. The Kier molecular flexibility index (Phi) is 3.34. The van der Waals surface area contributed by atoms with Crippen LogP contribution in [0.4, 0.5) is 0 Å². The summed E-state index contributed by atoms with van der Waals surface area (Å²) in [6, 6.07) is 4.87. The highest BCUT2D eigenvalue weighted by Crippen LogP contribution is 2.22. The Bertz CT molecular complexity index is 587. The highest BCUT2D eigenvalue weighted by Gasteiger charge is 2.14. The first kappa shape index (κ1) is 12.6. The lowest BCUT2D eigenvalue weighted by atomic mass is 10.2. The molecule has 0 aliphatic rings. The Balaban J connectivity index is 2.64. The van der Waals surface area contributed by atoms with Gasteiger partial charge in [-0.2, -0.15) is 0 Å². The molecule has 0 aliphatic carbocycles. The van der Waals surface area contributed by atoms with Gasteiger partial charge in [-0.05, 0) is 18.2 Å². The molecule has 0 radical (unpaired) electrons. The lowest BCUT2D eigenvalue weighted by molar-refractivity contribution is 0.0697. The van der Waals surface area contributed by atoms with E-state index in [0.717, 1.165) is 11.3 Å². The number of carboxylic acid groups (broad SMARTS) is 1. The quantitative estimate of drug-likeness (QED) is 0.865. The third kappa shape index (κ3) is 2.09. The second-order valence-corrected chi connectivity index (χ2v) is 4.51. The Morgan fingerprint density at radius 2 is 2.17 bits per heavy atom. The molecular formula is C13H16N2O3. The summed E-state index contributed by atoms with van der Waals surface area (Å²) in [5.41, 5.74) is 1.75. The molecule has 0 fully saturated rings. The number of carbonyl (C=O) groups is 1. The summed E-state index contributed by atoms with van der Waals surface area (Å²) in [7, 11) is 0. The summed E-state index contributed by atoms with van der Waals surface area (Å²) < 4.78 is 1.94. The minimum Gasteiger partial charge on any atom is -0.478 e. The third-order valence-corrected chi connectivity index (χ3v) is 2.86. The van der Waals surface area contributed by atoms with Crippen molar-refractivity contribution >= 4 is 17.0 Å². The van der Waals surface area contributed by atoms with E-state index >= 15 is 0 Å². The molecule has 0 amide bonds. The van der Waals surface area contributed by atoms with Gasteiger partial charge in [-0.3, -0.25) is 0 Å². The lowest BCUT2D eigenvalue weighted by Gasteiger charge is -2.09. The van der Waals surface area contributed by atoms with E-state index in [1.807, 2.05) is 18.4 Å². The van der Waals surface area contributed by atoms with Crippen molar-refractivity contribution in [2.45, 2.75) is 26.3 Å². The number of aromatic nitrogens is 2. The molecule has 0 spiro atoms. The molecular weight excluding hydrogens is 232 g/mol. The van der Waals surface area contributed by atoms with Gasteiger partial charge in [-0.25, -0.2) is 9.78 Å². The van der Waals surface area contributed by atoms with Crippen molar-refractivity contribution in [1.82, 2.24) is 9.55 Å². The average molecular weight is 248 g/mol. The number of imidazole rings is 1. The van der Waals surface area contributed by atoms with Crippen molar-refractivity contribution in [2.24, 2.45) is 0 Å². The van der Waals surface area contributed by atoms with Crippen molar-refractivity contribution in [1.29, 1.82) is 0 Å². The first-order valence-electron chi connectivity index (χ1n) is 5.89. The maximum atomic E-state index is 10.9. The van der Waals surface area contributed by atoms with Gasteiger partial charge in [-0.15, -0.1) is 0 Å². The fraction of sp³-hybridized carbons (Fsp3) is 0.385. The van der Waals surface area contributed by atoms with Crippen LogP contribution < -0.4 is 0 Å². The van der Waals surface area contributed by atoms with Gasteiger partial charge in [-0.1, -0.05) is 13.8 Å². The zero-order chi connectivity index (χ0) is 13.3. The van der Waals surface area contributed by atoms with E-state index in [4.69, 9.17) is 10.2 Å². The number of aromatic carboxylic acids is 1. The van der Waals surface area contributed by atoms with Gasteiger partial charge in [0, 0.05) is 12.5 Å². The van der Waals surface area contributed by atoms with E-state index < -0.39 is 5.97 Å². The SMILES string of the molecule is CC(C)c1nc2cc(C(=O)O)ccc2n1CCO. The molecule has 1 heterocycles. The molecule has 0 atom stereocenters. The highest BCUT2D eigenvalue weighted by atomic mass is 16.4. The highest BCUT2D eigenvalue weighted by molar-refractivity contribution is 5.92. The molecule has 0 bridgehead atoms. The topological polar surface area (TPSA) is 75.3 Å². The first-order chi connectivity index (χ1) is 8.54. The van der Waals surface area contributed by atoms with Crippen molar-refractivity contribution in [3.05, 3.63) is 29.6 Å². The molecule has 18 heavy (non-hydrogen) atoms. The van der Waals surface area contributed by atoms with E-state index in [0.29, 0.717) is 12.1 Å². The van der Waals surface area contributed by atoms with Crippen molar-refractivity contribution in [2.75, 3.05) is 6.61 Å². The molecule has 1 aromatic carbocycles. The van der Waals surface area contributed by atoms with E-state index in [9.17, 15) is 4.79 Å². The smallest absolute Gasteiger partial charge is 0.335 e. The van der Waals surface area contributed by atoms with Crippen LogP contribution in [0.1, 0.15) is 35.9 Å². The van der Waals surface area contributed by atoms with Crippen LogP contribution in [0, 0.1) is 0 Å². The molecule has 1 aromatic heterocycles. The van der Waals surface area contributed by atoms with Crippen LogP contribution in [0.25, 0.3) is 11.0 Å². The molecule has 5 nitrogen and oxygen atoms in total. The summed E-state index contributed by atoms with van der Waals surface area (Å²) in [5, 5.41) is 18.1. The van der Waals surface area contributed by atoms with Crippen molar-refractivity contribution in [3.8, 4) is 0 Å². The number of rotatable bonds is 4. The number of aliphatic hydroxyl groups is 1. The van der Waals surface area contributed by atoms with E-state index in [-0.39, 0.29) is 18.1 Å². The molecule has 2 N–H and O–H groups in total. The Morgan fingerprint density at radius 1 is 1.44 bits per heavy atom. The minimum atomic E-state index is -0.959. The van der Waals surface area contributed by atoms with Gasteiger partial charge >= 0.3 is 5.97 Å². The van der Waals surface area contributed by atoms with Crippen LogP contribution in [0.15, 0.2) is 18.2 Å². The van der Waals surface area contributed by atoms with E-state index in [1.54, 1.807) is 18.2 Å². The maximum Gasteiger partial charge on any atom is 0.335 e. The molecule has 5 heteroatoms. The number of benzene rings is 1. The molecule has 2 rings (SSSR count). The zero-order valence-corrected chi connectivity index (χ0v) is 10.4. The van der Waals surface area contributed by atoms with Crippen LogP contribution in [0.3, 0.4) is 0 Å². The number of nitrogens with zero attached hydrogens (tertiary/aromatic N) is 2. The van der Waals surface area contributed by atoms with Gasteiger partial charge in [0.15, 0.2) is 0 Å². The van der Waals surface area contributed by atoms with Gasteiger partial charge < -0.3 is 14.8 Å². The Labute approximate surface area is 105 Å². The largest absolute Gasteiger partial charge is 0.478 e. The zero-order valence-electron chi connectivity index (χ0n) is 10.4. The summed E-state index contributed by atoms with van der Waals surface area (Å²) in [6.07, 6.45) is 0. The van der Waals surface area contributed by atoms with Crippen LogP contribution in [0.5, 0.6) is 0 Å². The Hall–Kier alpha value is -1.88. The van der Waals surface area contributed by atoms with Gasteiger partial charge in [0.25, 0.3) is 0 Å². The minimum absolute atomic E-state index is 0.0336. The standard InChI is InChI=1S/C13H16N2O3/c1-8(2)12-14-10-7-9(13(17)18)3-4-11(10)15(12)5-6-16/h3-4,7-8,16H,5-6H2,1-2H3,(H,17,18). The monoisotopic (exact) mass is 248 g/mol. The number of fused-ring (bicyclic) bond motifs is 1. The summed E-state index contributed by atoms with van der Waals surface area (Å²) in [6.45, 7) is 4.54. The molecule has 0 aliphatic heterocycles. The average Bonchev–Trinajstić information content (AvgIpc) is 2.68.